The summed E-state index contributed by atoms with van der Waals surface area (Å²) in [5, 5.41) is 0. The molecule has 1 saturated carbocycles. The highest BCUT2D eigenvalue weighted by Gasteiger charge is 2.05. The molecule has 0 heterocycles. The van der Waals surface area contributed by atoms with Gasteiger partial charge in [-0.2, -0.15) is 0 Å². The van der Waals surface area contributed by atoms with Crippen LogP contribution in [0.15, 0.2) is 23.8 Å². The van der Waals surface area contributed by atoms with Gasteiger partial charge in [0.2, 0.25) is 0 Å². The van der Waals surface area contributed by atoms with Gasteiger partial charge >= 0.3 is 0 Å². The third-order valence-corrected chi connectivity index (χ3v) is 2.42. The Labute approximate surface area is 82.7 Å². The Morgan fingerprint density at radius 1 is 1.00 bits per heavy atom. The Bertz CT molecular complexity index is 193. The van der Waals surface area contributed by atoms with E-state index in [0.29, 0.717) is 5.41 Å². The SMILES string of the molecule is CC(C)(C)/C=C/C=C1CCCCC1. The lowest BCUT2D eigenvalue weighted by Gasteiger charge is -2.13. The fraction of sp³-hybridized carbons (Fsp3) is 0.692. The molecule has 1 fully saturated rings. The van der Waals surface area contributed by atoms with E-state index < -0.39 is 0 Å². The lowest BCUT2D eigenvalue weighted by Crippen LogP contribution is -1.98. The van der Waals surface area contributed by atoms with Crippen LogP contribution in [0.3, 0.4) is 0 Å². The highest BCUT2D eigenvalue weighted by molar-refractivity contribution is 5.15. The molecule has 0 aromatic rings. The van der Waals surface area contributed by atoms with Crippen LogP contribution in [0.5, 0.6) is 0 Å². The van der Waals surface area contributed by atoms with Gasteiger partial charge in [-0.15, -0.1) is 0 Å². The summed E-state index contributed by atoms with van der Waals surface area (Å²) < 4.78 is 0. The molecule has 74 valence electrons. The lowest BCUT2D eigenvalue weighted by molar-refractivity contribution is 0.544. The molecule has 0 aromatic carbocycles. The number of hydrogen-bond acceptors (Lipinski definition) is 0. The molecule has 1 rings (SSSR count). The number of allylic oxidation sites excluding steroid dienone is 4. The van der Waals surface area contributed by atoms with Crippen molar-refractivity contribution in [1.82, 2.24) is 0 Å². The van der Waals surface area contributed by atoms with Gasteiger partial charge in [0, 0.05) is 0 Å². The van der Waals surface area contributed by atoms with Crippen LogP contribution in [0.2, 0.25) is 0 Å². The summed E-state index contributed by atoms with van der Waals surface area (Å²) in [4.78, 5) is 0. The van der Waals surface area contributed by atoms with Crippen LogP contribution >= 0.6 is 0 Å². The highest BCUT2D eigenvalue weighted by atomic mass is 14.1. The maximum absolute atomic E-state index is 2.32. The first-order valence-electron chi connectivity index (χ1n) is 5.45. The van der Waals surface area contributed by atoms with Crippen LogP contribution in [-0.4, -0.2) is 0 Å². The van der Waals surface area contributed by atoms with E-state index in [9.17, 15) is 0 Å². The second-order valence-corrected chi connectivity index (χ2v) is 5.11. The molecule has 0 radical (unpaired) electrons. The zero-order valence-electron chi connectivity index (χ0n) is 9.27. The van der Waals surface area contributed by atoms with Crippen molar-refractivity contribution < 1.29 is 0 Å². The van der Waals surface area contributed by atoms with Gasteiger partial charge < -0.3 is 0 Å². The molecule has 0 nitrogen and oxygen atoms in total. The number of rotatable bonds is 1. The van der Waals surface area contributed by atoms with Crippen molar-refractivity contribution in [3.05, 3.63) is 23.8 Å². The topological polar surface area (TPSA) is 0 Å². The van der Waals surface area contributed by atoms with Crippen LogP contribution in [0.1, 0.15) is 52.9 Å². The molecule has 0 amide bonds. The second kappa shape index (κ2) is 4.64. The Kier molecular flexibility index (Phi) is 3.77. The summed E-state index contributed by atoms with van der Waals surface area (Å²) in [6, 6.07) is 0. The standard InChI is InChI=1S/C13H22/c1-13(2,3)11-7-10-12-8-5-4-6-9-12/h7,10-11H,4-6,8-9H2,1-3H3/b11-7+. The average molecular weight is 178 g/mol. The lowest BCUT2D eigenvalue weighted by atomic mass is 9.93. The molecule has 13 heavy (non-hydrogen) atoms. The Balaban J connectivity index is 2.42. The minimum Gasteiger partial charge on any atom is -0.0791 e. The van der Waals surface area contributed by atoms with Crippen molar-refractivity contribution in [3.8, 4) is 0 Å². The predicted octanol–water partition coefficient (Wildman–Crippen LogP) is 4.48. The number of hydrogen-bond donors (Lipinski definition) is 0. The molecular weight excluding hydrogens is 156 g/mol. The highest BCUT2D eigenvalue weighted by Crippen LogP contribution is 2.23. The van der Waals surface area contributed by atoms with E-state index in [1.807, 2.05) is 0 Å². The van der Waals surface area contributed by atoms with E-state index in [2.05, 4.69) is 39.0 Å². The molecule has 1 aliphatic rings. The summed E-state index contributed by atoms with van der Waals surface area (Å²) in [6.45, 7) is 6.72. The van der Waals surface area contributed by atoms with Gasteiger partial charge in [-0.05, 0) is 31.1 Å². The maximum Gasteiger partial charge on any atom is -0.0200 e. The monoisotopic (exact) mass is 178 g/mol. The van der Waals surface area contributed by atoms with Crippen molar-refractivity contribution in [1.29, 1.82) is 0 Å². The van der Waals surface area contributed by atoms with Crippen molar-refractivity contribution in [2.75, 3.05) is 0 Å². The Hall–Kier alpha value is -0.520. The zero-order valence-corrected chi connectivity index (χ0v) is 9.27. The van der Waals surface area contributed by atoms with Crippen LogP contribution in [0.25, 0.3) is 0 Å². The molecule has 0 heteroatoms. The minimum atomic E-state index is 0.325. The fourth-order valence-corrected chi connectivity index (χ4v) is 1.65. The van der Waals surface area contributed by atoms with Gasteiger partial charge in [-0.25, -0.2) is 0 Å². The first kappa shape index (κ1) is 10.6. The van der Waals surface area contributed by atoms with E-state index in [1.54, 1.807) is 5.57 Å². The first-order chi connectivity index (χ1) is 6.08. The molecule has 0 bridgehead atoms. The van der Waals surface area contributed by atoms with E-state index in [1.165, 1.54) is 32.1 Å². The van der Waals surface area contributed by atoms with E-state index in [-0.39, 0.29) is 0 Å². The summed E-state index contributed by atoms with van der Waals surface area (Å²) in [6.07, 6.45) is 13.7. The summed E-state index contributed by atoms with van der Waals surface area (Å²) in [7, 11) is 0. The molecule has 0 N–H and O–H groups in total. The predicted molar refractivity (Wildman–Crippen MR) is 59.8 cm³/mol. The Morgan fingerprint density at radius 2 is 1.62 bits per heavy atom. The van der Waals surface area contributed by atoms with Crippen LogP contribution in [-0.2, 0) is 0 Å². The fourth-order valence-electron chi connectivity index (χ4n) is 1.65. The van der Waals surface area contributed by atoms with Crippen molar-refractivity contribution in [2.45, 2.75) is 52.9 Å². The first-order valence-corrected chi connectivity index (χ1v) is 5.45. The van der Waals surface area contributed by atoms with E-state index in [0.717, 1.165) is 0 Å². The second-order valence-electron chi connectivity index (χ2n) is 5.11. The molecule has 0 unspecified atom stereocenters. The Morgan fingerprint density at radius 3 is 2.15 bits per heavy atom. The zero-order chi connectivity index (χ0) is 9.73. The van der Waals surface area contributed by atoms with Gasteiger partial charge in [-0.1, -0.05) is 51.0 Å². The third-order valence-electron chi connectivity index (χ3n) is 2.42. The quantitative estimate of drug-likeness (QED) is 0.555. The van der Waals surface area contributed by atoms with Crippen LogP contribution in [0.4, 0.5) is 0 Å². The van der Waals surface area contributed by atoms with E-state index >= 15 is 0 Å². The molecule has 0 aromatic heterocycles. The normalized spacial score (nSPS) is 19.5. The van der Waals surface area contributed by atoms with Crippen LogP contribution in [0, 0.1) is 5.41 Å². The van der Waals surface area contributed by atoms with Gasteiger partial charge in [0.25, 0.3) is 0 Å². The maximum atomic E-state index is 2.32. The van der Waals surface area contributed by atoms with Gasteiger partial charge in [-0.3, -0.25) is 0 Å². The van der Waals surface area contributed by atoms with Gasteiger partial charge in [0.1, 0.15) is 0 Å². The van der Waals surface area contributed by atoms with Gasteiger partial charge in [0.05, 0.1) is 0 Å². The summed E-state index contributed by atoms with van der Waals surface area (Å²) in [5.74, 6) is 0. The minimum absolute atomic E-state index is 0.325. The van der Waals surface area contributed by atoms with Crippen molar-refractivity contribution >= 4 is 0 Å². The smallest absolute Gasteiger partial charge is 0.0200 e. The summed E-state index contributed by atoms with van der Waals surface area (Å²) in [5.41, 5.74) is 1.97. The van der Waals surface area contributed by atoms with E-state index in [4.69, 9.17) is 0 Å². The third kappa shape index (κ3) is 4.92. The largest absolute Gasteiger partial charge is 0.0791 e. The molecule has 0 aliphatic heterocycles. The van der Waals surface area contributed by atoms with Crippen molar-refractivity contribution in [2.24, 2.45) is 5.41 Å². The molecule has 0 atom stereocenters. The average Bonchev–Trinajstić information content (AvgIpc) is 2.04. The van der Waals surface area contributed by atoms with Gasteiger partial charge in [0.15, 0.2) is 0 Å². The molecule has 0 spiro atoms. The molecule has 1 aliphatic carbocycles. The van der Waals surface area contributed by atoms with Crippen LogP contribution < -0.4 is 0 Å². The van der Waals surface area contributed by atoms with Crippen molar-refractivity contribution in [3.63, 3.8) is 0 Å². The summed E-state index contributed by atoms with van der Waals surface area (Å²) >= 11 is 0. The molecule has 0 saturated heterocycles. The molecular formula is C13H22.